The molecule has 0 aliphatic carbocycles. The molecule has 5 heteroatoms. The first-order valence-corrected chi connectivity index (χ1v) is 9.02. The molecule has 0 spiro atoms. The summed E-state index contributed by atoms with van der Waals surface area (Å²) in [4.78, 5) is 12.1. The van der Waals surface area contributed by atoms with Crippen LogP contribution >= 0.6 is 11.6 Å². The van der Waals surface area contributed by atoms with Crippen LogP contribution in [-0.2, 0) is 15.1 Å². The van der Waals surface area contributed by atoms with Gasteiger partial charge in [0, 0.05) is 12.1 Å². The Kier molecular flexibility index (Phi) is 7.06. The van der Waals surface area contributed by atoms with Crippen molar-refractivity contribution in [2.45, 2.75) is 32.3 Å². The Morgan fingerprint density at radius 3 is 2.46 bits per heavy atom. The van der Waals surface area contributed by atoms with Crippen LogP contribution in [0.2, 0.25) is 5.02 Å². The van der Waals surface area contributed by atoms with Crippen LogP contribution in [0.1, 0.15) is 37.8 Å². The predicted octanol–water partition coefficient (Wildman–Crippen LogP) is 4.52. The van der Waals surface area contributed by atoms with Crippen molar-refractivity contribution in [1.29, 1.82) is 0 Å². The second-order valence-corrected chi connectivity index (χ2v) is 7.17. The Balaban J connectivity index is 1.88. The van der Waals surface area contributed by atoms with Crippen molar-refractivity contribution in [2.24, 2.45) is 0 Å². The lowest BCUT2D eigenvalue weighted by molar-refractivity contribution is -0.124. The minimum atomic E-state index is -0.667. The van der Waals surface area contributed by atoms with Crippen LogP contribution in [0.5, 0.6) is 5.75 Å². The van der Waals surface area contributed by atoms with Gasteiger partial charge in [0.15, 0.2) is 6.61 Å². The molecule has 0 saturated heterocycles. The highest BCUT2D eigenvalue weighted by Gasteiger charge is 2.27. The van der Waals surface area contributed by atoms with E-state index in [1.54, 1.807) is 13.2 Å². The van der Waals surface area contributed by atoms with Gasteiger partial charge in [-0.3, -0.25) is 4.79 Å². The lowest BCUT2D eigenvalue weighted by Gasteiger charge is -2.29. The first-order chi connectivity index (χ1) is 12.3. The molecular weight excluding hydrogens is 350 g/mol. The van der Waals surface area contributed by atoms with Crippen LogP contribution in [0.25, 0.3) is 0 Å². The third kappa shape index (κ3) is 5.48. The molecule has 1 atom stereocenters. The summed E-state index contributed by atoms with van der Waals surface area (Å²) in [6, 6.07) is 15.2. The van der Waals surface area contributed by atoms with Crippen molar-refractivity contribution in [2.75, 3.05) is 20.3 Å². The number of hydrogen-bond donors (Lipinski definition) is 1. The van der Waals surface area contributed by atoms with E-state index in [2.05, 4.69) is 19.2 Å². The first kappa shape index (κ1) is 20.3. The molecule has 0 bridgehead atoms. The molecule has 0 heterocycles. The fraction of sp³-hybridized carbons (Fsp3) is 0.381. The second-order valence-electron chi connectivity index (χ2n) is 6.73. The molecule has 26 heavy (non-hydrogen) atoms. The van der Waals surface area contributed by atoms with Gasteiger partial charge in [0.05, 0.1) is 6.54 Å². The van der Waals surface area contributed by atoms with E-state index in [1.165, 1.54) is 5.56 Å². The van der Waals surface area contributed by atoms with Gasteiger partial charge in [0.1, 0.15) is 11.4 Å². The number of ether oxygens (including phenoxy) is 2. The Morgan fingerprint density at radius 2 is 1.88 bits per heavy atom. The average molecular weight is 376 g/mol. The molecule has 0 aromatic heterocycles. The number of nitrogens with one attached hydrogen (secondary N) is 1. The summed E-state index contributed by atoms with van der Waals surface area (Å²) in [6.07, 6.45) is 0. The zero-order chi connectivity index (χ0) is 19.2. The van der Waals surface area contributed by atoms with Gasteiger partial charge in [-0.05, 0) is 48.2 Å². The van der Waals surface area contributed by atoms with Gasteiger partial charge in [0.25, 0.3) is 5.91 Å². The minimum absolute atomic E-state index is 0.0453. The number of rotatable bonds is 8. The molecule has 0 fully saturated rings. The SMILES string of the molecule is COC(C)(CNC(=O)COc1ccc(C(C)C)cc1)c1cccc(Cl)c1. The zero-order valence-electron chi connectivity index (χ0n) is 15.7. The summed E-state index contributed by atoms with van der Waals surface area (Å²) in [6.45, 7) is 6.45. The van der Waals surface area contributed by atoms with Crippen molar-refractivity contribution in [3.63, 3.8) is 0 Å². The van der Waals surface area contributed by atoms with Gasteiger partial charge in [-0.15, -0.1) is 0 Å². The summed E-state index contributed by atoms with van der Waals surface area (Å²) in [5, 5.41) is 3.49. The lowest BCUT2D eigenvalue weighted by Crippen LogP contribution is -2.41. The van der Waals surface area contributed by atoms with E-state index in [0.717, 1.165) is 5.56 Å². The highest BCUT2D eigenvalue weighted by molar-refractivity contribution is 6.30. The van der Waals surface area contributed by atoms with Gasteiger partial charge in [-0.1, -0.05) is 49.7 Å². The molecule has 0 saturated carbocycles. The molecule has 0 radical (unpaired) electrons. The molecule has 0 aliphatic heterocycles. The van der Waals surface area contributed by atoms with E-state index in [1.807, 2.05) is 49.4 Å². The average Bonchev–Trinajstić information content (AvgIpc) is 2.64. The van der Waals surface area contributed by atoms with Gasteiger partial charge in [0.2, 0.25) is 0 Å². The van der Waals surface area contributed by atoms with E-state index >= 15 is 0 Å². The topological polar surface area (TPSA) is 47.6 Å². The third-order valence-electron chi connectivity index (χ3n) is 4.43. The number of benzene rings is 2. The van der Waals surface area contributed by atoms with Gasteiger partial charge < -0.3 is 14.8 Å². The van der Waals surface area contributed by atoms with Crippen molar-refractivity contribution < 1.29 is 14.3 Å². The lowest BCUT2D eigenvalue weighted by atomic mass is 9.95. The highest BCUT2D eigenvalue weighted by Crippen LogP contribution is 2.26. The molecule has 1 N–H and O–H groups in total. The van der Waals surface area contributed by atoms with Crippen molar-refractivity contribution in [1.82, 2.24) is 5.32 Å². The molecule has 2 aromatic carbocycles. The Hall–Kier alpha value is -2.04. The maximum absolute atomic E-state index is 12.1. The summed E-state index contributed by atoms with van der Waals surface area (Å²) >= 11 is 6.06. The summed E-state index contributed by atoms with van der Waals surface area (Å²) < 4.78 is 11.2. The van der Waals surface area contributed by atoms with Crippen LogP contribution in [0.15, 0.2) is 48.5 Å². The first-order valence-electron chi connectivity index (χ1n) is 8.65. The number of hydrogen-bond acceptors (Lipinski definition) is 3. The fourth-order valence-corrected chi connectivity index (χ4v) is 2.72. The molecule has 140 valence electrons. The monoisotopic (exact) mass is 375 g/mol. The largest absolute Gasteiger partial charge is 0.484 e. The Labute approximate surface area is 160 Å². The van der Waals surface area contributed by atoms with Crippen molar-refractivity contribution in [3.8, 4) is 5.75 Å². The quantitative estimate of drug-likeness (QED) is 0.737. The van der Waals surface area contributed by atoms with Crippen LogP contribution in [-0.4, -0.2) is 26.2 Å². The highest BCUT2D eigenvalue weighted by atomic mass is 35.5. The number of amides is 1. The van der Waals surface area contributed by atoms with Crippen LogP contribution < -0.4 is 10.1 Å². The molecule has 2 aromatic rings. The third-order valence-corrected chi connectivity index (χ3v) is 4.66. The standard InChI is InChI=1S/C21H26ClNO3/c1-15(2)16-8-10-19(11-9-16)26-13-20(24)23-14-21(3,25-4)17-6-5-7-18(22)12-17/h5-12,15H,13-14H2,1-4H3,(H,23,24). The maximum atomic E-state index is 12.1. The summed E-state index contributed by atoms with van der Waals surface area (Å²) in [5.41, 5.74) is 1.47. The number of halogens is 1. The van der Waals surface area contributed by atoms with Crippen LogP contribution in [0, 0.1) is 0 Å². The van der Waals surface area contributed by atoms with E-state index in [9.17, 15) is 4.79 Å². The zero-order valence-corrected chi connectivity index (χ0v) is 16.5. The molecule has 4 nitrogen and oxygen atoms in total. The molecule has 1 amide bonds. The maximum Gasteiger partial charge on any atom is 0.258 e. The van der Waals surface area contributed by atoms with Crippen molar-refractivity contribution in [3.05, 3.63) is 64.7 Å². The molecular formula is C21H26ClNO3. The number of carbonyl (C=O) groups excluding carboxylic acids is 1. The van der Waals surface area contributed by atoms with Gasteiger partial charge in [-0.25, -0.2) is 0 Å². The van der Waals surface area contributed by atoms with E-state index in [-0.39, 0.29) is 12.5 Å². The van der Waals surface area contributed by atoms with E-state index in [4.69, 9.17) is 21.1 Å². The number of methoxy groups -OCH3 is 1. The predicted molar refractivity (Wildman–Crippen MR) is 105 cm³/mol. The summed E-state index contributed by atoms with van der Waals surface area (Å²) in [5.74, 6) is 0.933. The van der Waals surface area contributed by atoms with Crippen LogP contribution in [0.4, 0.5) is 0 Å². The van der Waals surface area contributed by atoms with Gasteiger partial charge in [-0.2, -0.15) is 0 Å². The number of carbonyl (C=O) groups is 1. The fourth-order valence-electron chi connectivity index (χ4n) is 2.53. The molecule has 1 unspecified atom stereocenters. The molecule has 2 rings (SSSR count). The summed E-state index contributed by atoms with van der Waals surface area (Å²) in [7, 11) is 1.61. The van der Waals surface area contributed by atoms with Gasteiger partial charge >= 0.3 is 0 Å². The minimum Gasteiger partial charge on any atom is -0.484 e. The smallest absolute Gasteiger partial charge is 0.258 e. The van der Waals surface area contributed by atoms with Crippen molar-refractivity contribution >= 4 is 17.5 Å². The Bertz CT molecular complexity index is 730. The van der Waals surface area contributed by atoms with E-state index in [0.29, 0.717) is 23.2 Å². The molecule has 0 aliphatic rings. The van der Waals surface area contributed by atoms with E-state index < -0.39 is 5.60 Å². The normalized spacial score (nSPS) is 13.3. The Morgan fingerprint density at radius 1 is 1.19 bits per heavy atom. The van der Waals surface area contributed by atoms with Crippen LogP contribution in [0.3, 0.4) is 0 Å². The second kappa shape index (κ2) is 9.06.